The normalized spacial score (nSPS) is 15.5. The predicted molar refractivity (Wildman–Crippen MR) is 98.1 cm³/mol. The van der Waals surface area contributed by atoms with E-state index in [1.165, 1.54) is 5.56 Å². The van der Waals surface area contributed by atoms with Crippen LogP contribution in [0.1, 0.15) is 17.5 Å². The first-order chi connectivity index (χ1) is 11.7. The van der Waals surface area contributed by atoms with E-state index in [0.29, 0.717) is 6.42 Å². The molecule has 4 heteroatoms. The van der Waals surface area contributed by atoms with Gasteiger partial charge in [0, 0.05) is 44.2 Å². The Kier molecular flexibility index (Phi) is 5.89. The minimum atomic E-state index is 0.260. The first kappa shape index (κ1) is 17.0. The molecule has 0 saturated carbocycles. The number of amides is 1. The van der Waals surface area contributed by atoms with Crippen LogP contribution in [0.3, 0.4) is 0 Å². The molecule has 0 aromatic heterocycles. The van der Waals surface area contributed by atoms with Gasteiger partial charge < -0.3 is 4.90 Å². The molecule has 2 aromatic rings. The molecule has 1 saturated heterocycles. The third-order valence-electron chi connectivity index (χ3n) is 4.55. The molecule has 126 valence electrons. The van der Waals surface area contributed by atoms with E-state index in [1.54, 1.807) is 0 Å². The number of aryl methyl sites for hydroxylation is 1. The number of piperazine rings is 1. The third-order valence-corrected chi connectivity index (χ3v) is 4.92. The van der Waals surface area contributed by atoms with Crippen LogP contribution in [0.15, 0.2) is 54.6 Å². The number of carbonyl (C=O) groups is 1. The largest absolute Gasteiger partial charge is 0.340 e. The Bertz CT molecular complexity index is 666. The molecule has 1 heterocycles. The predicted octanol–water partition coefficient (Wildman–Crippen LogP) is 3.62. The van der Waals surface area contributed by atoms with Gasteiger partial charge in [0.15, 0.2) is 0 Å². The topological polar surface area (TPSA) is 23.6 Å². The molecule has 24 heavy (non-hydrogen) atoms. The van der Waals surface area contributed by atoms with Crippen molar-refractivity contribution in [1.82, 2.24) is 9.80 Å². The number of halogens is 1. The van der Waals surface area contributed by atoms with Gasteiger partial charge in [0.25, 0.3) is 0 Å². The van der Waals surface area contributed by atoms with Gasteiger partial charge in [-0.15, -0.1) is 0 Å². The summed E-state index contributed by atoms with van der Waals surface area (Å²) in [4.78, 5) is 16.7. The fourth-order valence-electron chi connectivity index (χ4n) is 3.08. The SMILES string of the molecule is O=C(CCc1ccccc1)N1CCN(Cc2ccccc2Cl)CC1. The van der Waals surface area contributed by atoms with Crippen molar-refractivity contribution in [1.29, 1.82) is 0 Å². The van der Waals surface area contributed by atoms with Gasteiger partial charge in [-0.25, -0.2) is 0 Å². The van der Waals surface area contributed by atoms with Crippen molar-refractivity contribution < 1.29 is 4.79 Å². The lowest BCUT2D eigenvalue weighted by Gasteiger charge is -2.35. The maximum Gasteiger partial charge on any atom is 0.222 e. The monoisotopic (exact) mass is 342 g/mol. The second-order valence-electron chi connectivity index (χ2n) is 6.23. The minimum absolute atomic E-state index is 0.260. The first-order valence-electron chi connectivity index (χ1n) is 8.50. The Hall–Kier alpha value is -1.84. The van der Waals surface area contributed by atoms with E-state index in [9.17, 15) is 4.79 Å². The van der Waals surface area contributed by atoms with Gasteiger partial charge in [-0.1, -0.05) is 60.1 Å². The van der Waals surface area contributed by atoms with Gasteiger partial charge in [0.1, 0.15) is 0 Å². The smallest absolute Gasteiger partial charge is 0.222 e. The van der Waals surface area contributed by atoms with Crippen LogP contribution in [-0.4, -0.2) is 41.9 Å². The highest BCUT2D eigenvalue weighted by Crippen LogP contribution is 2.18. The van der Waals surface area contributed by atoms with Gasteiger partial charge in [0.2, 0.25) is 5.91 Å². The summed E-state index contributed by atoms with van der Waals surface area (Å²) in [5.74, 6) is 0.260. The van der Waals surface area contributed by atoms with Crippen LogP contribution >= 0.6 is 11.6 Å². The van der Waals surface area contributed by atoms with Gasteiger partial charge in [-0.3, -0.25) is 9.69 Å². The molecule has 0 spiro atoms. The molecule has 1 amide bonds. The average Bonchev–Trinajstić information content (AvgIpc) is 2.63. The van der Waals surface area contributed by atoms with Crippen molar-refractivity contribution in [3.63, 3.8) is 0 Å². The van der Waals surface area contributed by atoms with E-state index in [-0.39, 0.29) is 5.91 Å². The Labute approximate surface area is 148 Å². The van der Waals surface area contributed by atoms with E-state index in [0.717, 1.165) is 49.7 Å². The summed E-state index contributed by atoms with van der Waals surface area (Å²) in [6.07, 6.45) is 1.41. The molecule has 0 aliphatic carbocycles. The highest BCUT2D eigenvalue weighted by atomic mass is 35.5. The molecule has 0 radical (unpaired) electrons. The van der Waals surface area contributed by atoms with Crippen LogP contribution in [0, 0.1) is 0 Å². The fourth-order valence-corrected chi connectivity index (χ4v) is 3.27. The number of benzene rings is 2. The summed E-state index contributed by atoms with van der Waals surface area (Å²) in [5, 5.41) is 0.818. The molecule has 2 aromatic carbocycles. The first-order valence-corrected chi connectivity index (χ1v) is 8.87. The van der Waals surface area contributed by atoms with Crippen molar-refractivity contribution in [3.05, 3.63) is 70.7 Å². The number of carbonyl (C=O) groups excluding carboxylic acids is 1. The molecule has 1 aliphatic rings. The van der Waals surface area contributed by atoms with Crippen molar-refractivity contribution >= 4 is 17.5 Å². The standard InChI is InChI=1S/C20H23ClN2O/c21-19-9-5-4-8-18(19)16-22-12-14-23(15-13-22)20(24)11-10-17-6-2-1-3-7-17/h1-9H,10-16H2. The quantitative estimate of drug-likeness (QED) is 0.828. The number of hydrogen-bond acceptors (Lipinski definition) is 2. The van der Waals surface area contributed by atoms with Gasteiger partial charge in [-0.05, 0) is 23.6 Å². The summed E-state index contributed by atoms with van der Waals surface area (Å²) in [6.45, 7) is 4.27. The number of nitrogens with zero attached hydrogens (tertiary/aromatic N) is 2. The zero-order chi connectivity index (χ0) is 16.8. The molecule has 3 nitrogen and oxygen atoms in total. The van der Waals surface area contributed by atoms with Crippen LogP contribution in [-0.2, 0) is 17.8 Å². The molecule has 0 N–H and O–H groups in total. The van der Waals surface area contributed by atoms with Crippen molar-refractivity contribution in [3.8, 4) is 0 Å². The Morgan fingerprint density at radius 1 is 0.917 bits per heavy atom. The second kappa shape index (κ2) is 8.32. The van der Waals surface area contributed by atoms with E-state index >= 15 is 0 Å². The molecular formula is C20H23ClN2O. The summed E-state index contributed by atoms with van der Waals surface area (Å²) in [5.41, 5.74) is 2.38. The zero-order valence-corrected chi connectivity index (χ0v) is 14.6. The highest BCUT2D eigenvalue weighted by Gasteiger charge is 2.21. The zero-order valence-electron chi connectivity index (χ0n) is 13.8. The Balaban J connectivity index is 1.44. The van der Waals surface area contributed by atoms with Crippen LogP contribution in [0.4, 0.5) is 0 Å². The molecule has 0 atom stereocenters. The molecule has 0 bridgehead atoms. The van der Waals surface area contributed by atoms with Crippen LogP contribution < -0.4 is 0 Å². The maximum atomic E-state index is 12.4. The van der Waals surface area contributed by atoms with Crippen LogP contribution in [0.5, 0.6) is 0 Å². The van der Waals surface area contributed by atoms with Crippen molar-refractivity contribution in [2.75, 3.05) is 26.2 Å². The molecule has 0 unspecified atom stereocenters. The summed E-state index contributed by atoms with van der Waals surface area (Å²) in [7, 11) is 0. The number of hydrogen-bond donors (Lipinski definition) is 0. The maximum absolute atomic E-state index is 12.4. The molecule has 1 aliphatic heterocycles. The average molecular weight is 343 g/mol. The van der Waals surface area contributed by atoms with E-state index in [1.807, 2.05) is 41.3 Å². The van der Waals surface area contributed by atoms with Crippen LogP contribution in [0.25, 0.3) is 0 Å². The highest BCUT2D eigenvalue weighted by molar-refractivity contribution is 6.31. The lowest BCUT2D eigenvalue weighted by atomic mass is 10.1. The lowest BCUT2D eigenvalue weighted by Crippen LogP contribution is -2.48. The van der Waals surface area contributed by atoms with Crippen molar-refractivity contribution in [2.24, 2.45) is 0 Å². The summed E-state index contributed by atoms with van der Waals surface area (Å²) in [6, 6.07) is 18.2. The van der Waals surface area contributed by atoms with Gasteiger partial charge in [-0.2, -0.15) is 0 Å². The van der Waals surface area contributed by atoms with Gasteiger partial charge >= 0.3 is 0 Å². The minimum Gasteiger partial charge on any atom is -0.340 e. The van der Waals surface area contributed by atoms with E-state index in [2.05, 4.69) is 23.1 Å². The fraction of sp³-hybridized carbons (Fsp3) is 0.350. The molecule has 1 fully saturated rings. The third kappa shape index (κ3) is 4.59. The molecule has 3 rings (SSSR count). The van der Waals surface area contributed by atoms with E-state index in [4.69, 9.17) is 11.6 Å². The second-order valence-corrected chi connectivity index (χ2v) is 6.64. The van der Waals surface area contributed by atoms with E-state index < -0.39 is 0 Å². The lowest BCUT2D eigenvalue weighted by molar-refractivity contribution is -0.133. The Morgan fingerprint density at radius 2 is 1.58 bits per heavy atom. The van der Waals surface area contributed by atoms with Crippen molar-refractivity contribution in [2.45, 2.75) is 19.4 Å². The molecular weight excluding hydrogens is 320 g/mol. The summed E-state index contributed by atoms with van der Waals surface area (Å²) >= 11 is 6.23. The Morgan fingerprint density at radius 3 is 2.29 bits per heavy atom. The number of rotatable bonds is 5. The summed E-state index contributed by atoms with van der Waals surface area (Å²) < 4.78 is 0. The van der Waals surface area contributed by atoms with Crippen LogP contribution in [0.2, 0.25) is 5.02 Å². The van der Waals surface area contributed by atoms with Gasteiger partial charge in [0.05, 0.1) is 0 Å².